The van der Waals surface area contributed by atoms with Crippen LogP contribution >= 0.6 is 22.6 Å². The van der Waals surface area contributed by atoms with Crippen molar-refractivity contribution in [2.24, 2.45) is 17.5 Å². The maximum absolute atomic E-state index is 7.32. The van der Waals surface area contributed by atoms with E-state index in [1.54, 1.807) is 44.2 Å². The van der Waals surface area contributed by atoms with Gasteiger partial charge in [-0.15, -0.1) is 23.7 Å². The van der Waals surface area contributed by atoms with Gasteiger partial charge in [-0.25, -0.2) is 0 Å². The molecule has 19 nitrogen and oxygen atoms in total. The normalized spacial score (nSPS) is 9.14. The van der Waals surface area contributed by atoms with Gasteiger partial charge in [0.15, 0.2) is 0 Å². The Labute approximate surface area is 612 Å². The number of aromatic nitrogens is 8. The van der Waals surface area contributed by atoms with Gasteiger partial charge in [0.25, 0.3) is 0 Å². The molecule has 0 atom stereocenters. The molecule has 0 unspecified atom stereocenters. The number of halogens is 1. The van der Waals surface area contributed by atoms with Gasteiger partial charge in [-0.05, 0) is 96.2 Å². The summed E-state index contributed by atoms with van der Waals surface area (Å²) < 4.78 is 11.6. The average molecular weight is 1530 g/mol. The van der Waals surface area contributed by atoms with Gasteiger partial charge >= 0.3 is 6.01 Å². The zero-order chi connectivity index (χ0) is 60.9. The Morgan fingerprint density at radius 3 is 1.23 bits per heavy atom. The van der Waals surface area contributed by atoms with Crippen molar-refractivity contribution in [3.05, 3.63) is 213 Å². The number of nitrogen functional groups attached to an aromatic ring is 1. The van der Waals surface area contributed by atoms with Crippen molar-refractivity contribution in [3.8, 4) is 6.07 Å². The van der Waals surface area contributed by atoms with Crippen LogP contribution in [0.3, 0.4) is 0 Å². The number of methoxy groups -OCH3 is 1. The first kappa shape index (κ1) is 88.6. The van der Waals surface area contributed by atoms with Gasteiger partial charge in [0.1, 0.15) is 6.54 Å². The van der Waals surface area contributed by atoms with Crippen molar-refractivity contribution >= 4 is 95.8 Å². The molecule has 0 aliphatic carbocycles. The molecule has 0 saturated carbocycles. The Hall–Kier alpha value is -5.83. The molecule has 3 radical (unpaired) electrons. The number of ether oxygens (including phenoxy) is 1. The van der Waals surface area contributed by atoms with E-state index in [0.29, 0.717) is 25.5 Å². The maximum Gasteiger partial charge on any atom is 0.312 e. The SMILES string of the molecule is C.C.CC.CC.CC.CC#N.CCCI.COC=CCN(c1ccccc1)c1ccc2nc[c-]nc2c1.NN.NNC=CCN(c1ccccc1)c1ccc2nc[c-]nc2c1.Nc1nnc(CN(c2ccccc2)c2ccc3nc[c-]nc3c2)o1.[Y].[Y].[Y]. The summed E-state index contributed by atoms with van der Waals surface area (Å²) >= 11 is 2.35. The van der Waals surface area contributed by atoms with E-state index >= 15 is 0 Å². The second kappa shape index (κ2) is 56.4. The number of benzene rings is 6. The number of hydrogen-bond acceptors (Lipinski definition) is 19. The fourth-order valence-electron chi connectivity index (χ4n) is 7.04. The predicted molar refractivity (Wildman–Crippen MR) is 362 cm³/mol. The number of rotatable bonds is 15. The minimum absolute atomic E-state index is 0. The van der Waals surface area contributed by atoms with Crippen LogP contribution in [0.5, 0.6) is 0 Å². The summed E-state index contributed by atoms with van der Waals surface area (Å²) in [5.74, 6) is 13.7. The zero-order valence-corrected chi connectivity index (χ0v) is 61.2. The molecule has 461 valence electrons. The number of nitriles is 1. The van der Waals surface area contributed by atoms with Crippen LogP contribution in [0, 0.1) is 29.9 Å². The van der Waals surface area contributed by atoms with E-state index in [0.717, 1.165) is 67.2 Å². The Balaban J connectivity index is -0.000000527. The van der Waals surface area contributed by atoms with Gasteiger partial charge in [0, 0.05) is 175 Å². The van der Waals surface area contributed by atoms with Crippen LogP contribution in [0.25, 0.3) is 33.1 Å². The van der Waals surface area contributed by atoms with Crippen LogP contribution in [0.1, 0.15) is 82.6 Å². The monoisotopic (exact) mass is 1530 g/mol. The van der Waals surface area contributed by atoms with Crippen molar-refractivity contribution in [1.82, 2.24) is 45.5 Å². The Morgan fingerprint density at radius 2 is 0.909 bits per heavy atom. The first-order valence-corrected chi connectivity index (χ1v) is 28.3. The van der Waals surface area contributed by atoms with Crippen LogP contribution in [0.15, 0.2) is 193 Å². The minimum Gasteiger partial charge on any atom is -0.505 e. The molecule has 0 aliphatic rings. The summed E-state index contributed by atoms with van der Waals surface area (Å²) in [7, 11) is 1.64. The number of nitrogens with zero attached hydrogens (tertiary/aromatic N) is 12. The van der Waals surface area contributed by atoms with E-state index in [9.17, 15) is 0 Å². The Kier molecular flexibility index (Phi) is 56.8. The molecule has 0 aliphatic heterocycles. The predicted octanol–water partition coefficient (Wildman–Crippen LogP) is 14.5. The molecule has 10 rings (SSSR count). The largest absolute Gasteiger partial charge is 0.505 e. The van der Waals surface area contributed by atoms with E-state index in [2.05, 4.69) is 139 Å². The number of hydrogen-bond donors (Lipinski definition) is 5. The molecule has 88 heavy (non-hydrogen) atoms. The molecule has 0 saturated heterocycles. The third kappa shape index (κ3) is 31.6. The molecule has 23 heteroatoms. The number of alkyl halides is 1. The molecule has 4 aromatic heterocycles. The van der Waals surface area contributed by atoms with Gasteiger partial charge in [-0.3, -0.25) is 32.5 Å². The molecule has 0 amide bonds. The number of para-hydroxylation sites is 3. The second-order valence-electron chi connectivity index (χ2n) is 15.5. The average Bonchev–Trinajstić information content (AvgIpc) is 4.14. The van der Waals surface area contributed by atoms with E-state index in [4.69, 9.17) is 26.0 Å². The van der Waals surface area contributed by atoms with E-state index in [1.165, 1.54) is 17.8 Å². The molecule has 9 N–H and O–H groups in total. The van der Waals surface area contributed by atoms with Crippen LogP contribution in [-0.4, -0.2) is 64.7 Å². The maximum atomic E-state index is 7.32. The van der Waals surface area contributed by atoms with Crippen molar-refractivity contribution in [3.63, 3.8) is 0 Å². The third-order valence-corrected chi connectivity index (χ3v) is 11.4. The molecule has 6 aromatic carbocycles. The molecule has 0 spiro atoms. The Morgan fingerprint density at radius 1 is 0.568 bits per heavy atom. The first-order chi connectivity index (χ1) is 40.9. The first-order valence-electron chi connectivity index (χ1n) is 26.8. The standard InChI is InChI=1S/C18H16N3O.C17H13N6O.C17H16N5.C3H7I.C2H3N.3C2H6.2CH4.H4N2.3Y/c1-22-13-5-12-21(15-6-3-2-4-7-15)16-8-9-17-18(14-16)20-11-10-19-17;18-17-22-21-16(24-17)11-23(12-4-2-1-3-5-12)13-6-7-14-15(10-13)20-9-8-19-14;18-21-9-4-12-22(14-5-2-1-3-6-14)15-7-8-16-17(13-15)20-11-10-19-16;1-2-3-4;1-2-3;3*1-2;;;1-2;;;/h2-10,13-14H,12H2,1H3;1-8,10H,11H2,(H2,18,22);1-10,13,21H,12,18H2;2-3H2,1H3;1H3;3*1-2H3;2*1H4;1-2H2;;;/q3*-1;;;;;;;;;;;. The van der Waals surface area contributed by atoms with Crippen LogP contribution in [0.2, 0.25) is 0 Å². The summed E-state index contributed by atoms with van der Waals surface area (Å²) in [4.78, 5) is 31.9. The number of nitrogens with one attached hydrogen (secondary N) is 1. The van der Waals surface area contributed by atoms with Crippen LogP contribution in [-0.2, 0) is 109 Å². The van der Waals surface area contributed by atoms with Crippen molar-refractivity contribution in [1.29, 1.82) is 5.26 Å². The second-order valence-corrected chi connectivity index (χ2v) is 16.5. The fraction of sp³-hybridized carbons (Fsp3) is 0.246. The number of anilines is 7. The number of fused-ring (bicyclic) bond motifs is 3. The van der Waals surface area contributed by atoms with Crippen molar-refractivity contribution in [2.45, 2.75) is 83.2 Å². The Bertz CT molecular complexity index is 3230. The fourth-order valence-corrected chi connectivity index (χ4v) is 7.04. The van der Waals surface area contributed by atoms with Crippen molar-refractivity contribution in [2.75, 3.05) is 45.1 Å². The van der Waals surface area contributed by atoms with Crippen molar-refractivity contribution < 1.29 is 107 Å². The quantitative estimate of drug-likeness (QED) is 0.0159. The van der Waals surface area contributed by atoms with Crippen LogP contribution < -0.4 is 43.4 Å². The third-order valence-electron chi connectivity index (χ3n) is 10.3. The topological polar surface area (TPSA) is 275 Å². The van der Waals surface area contributed by atoms with E-state index < -0.39 is 0 Å². The van der Waals surface area contributed by atoms with Gasteiger partial charge in [0.2, 0.25) is 5.89 Å². The molecule has 10 aromatic rings. The molecular weight excluding hydrogens is 1440 g/mol. The summed E-state index contributed by atoms with van der Waals surface area (Å²) in [5.41, 5.74) is 19.2. The van der Waals surface area contributed by atoms with Gasteiger partial charge in [0.05, 0.1) is 19.4 Å². The zero-order valence-electron chi connectivity index (χ0n) is 50.5. The van der Waals surface area contributed by atoms with Gasteiger partial charge in [-0.1, -0.05) is 199 Å². The van der Waals surface area contributed by atoms with Crippen LogP contribution in [0.4, 0.5) is 40.1 Å². The number of hydrazine groups is 2. The molecular formula is C65H85IN17O2Y3-3. The van der Waals surface area contributed by atoms with E-state index in [1.807, 2.05) is 180 Å². The summed E-state index contributed by atoms with van der Waals surface area (Å²) in [6.07, 6.45) is 21.7. The summed E-state index contributed by atoms with van der Waals surface area (Å²) in [5, 5.41) is 15.0. The smallest absolute Gasteiger partial charge is 0.312 e. The molecule has 4 heterocycles. The van der Waals surface area contributed by atoms with E-state index in [-0.39, 0.29) is 119 Å². The molecule has 0 fully saturated rings. The summed E-state index contributed by atoms with van der Waals surface area (Å²) in [6.45, 7) is 17.4. The number of nitrogens with two attached hydrogens (primary N) is 4. The van der Waals surface area contributed by atoms with Gasteiger partial charge < -0.3 is 50.0 Å². The minimum atomic E-state index is 0. The van der Waals surface area contributed by atoms with Gasteiger partial charge in [-0.2, -0.15) is 5.26 Å². The summed E-state index contributed by atoms with van der Waals surface area (Å²) in [6, 6.07) is 50.0. The molecule has 0 bridgehead atoms.